The van der Waals surface area contributed by atoms with Crippen LogP contribution in [0.15, 0.2) is 0 Å². The van der Waals surface area contributed by atoms with Crippen molar-refractivity contribution >= 4 is 15.9 Å². The molecule has 1 heteroatoms. The van der Waals surface area contributed by atoms with Crippen molar-refractivity contribution in [3.8, 4) is 0 Å². The lowest BCUT2D eigenvalue weighted by Crippen LogP contribution is -1.34. The van der Waals surface area contributed by atoms with E-state index in [2.05, 4.69) is 29.8 Å². The maximum atomic E-state index is 3.15. The van der Waals surface area contributed by atoms with Crippen LogP contribution < -0.4 is 0 Å². The van der Waals surface area contributed by atoms with Gasteiger partial charge in [-0.05, 0) is 0 Å². The van der Waals surface area contributed by atoms with Gasteiger partial charge in [-0.15, -0.1) is 0 Å². The Morgan fingerprint density at radius 1 is 1.14 bits per heavy atom. The van der Waals surface area contributed by atoms with Crippen LogP contribution in [0.25, 0.3) is 0 Å². The van der Waals surface area contributed by atoms with Gasteiger partial charge in [0, 0.05) is 5.33 Å². The minimum absolute atomic E-state index is 0. The van der Waals surface area contributed by atoms with Crippen molar-refractivity contribution in [3.05, 3.63) is 0 Å². The quantitative estimate of drug-likeness (QED) is 0.487. The Hall–Kier alpha value is 0.480. The highest BCUT2D eigenvalue weighted by molar-refractivity contribution is 9.09. The first-order valence-corrected chi connectivity index (χ1v) is 3.51. The average molecular weight is 169 g/mol. The molecule has 0 fully saturated rings. The van der Waals surface area contributed by atoms with E-state index < -0.39 is 0 Å². The van der Waals surface area contributed by atoms with E-state index in [4.69, 9.17) is 0 Å². The summed E-state index contributed by atoms with van der Waals surface area (Å²) < 4.78 is 0. The summed E-state index contributed by atoms with van der Waals surface area (Å²) in [6.07, 6.45) is 1.25. The van der Waals surface area contributed by atoms with Crippen molar-refractivity contribution in [1.82, 2.24) is 0 Å². The molecular weight excluding hydrogens is 152 g/mol. The smallest absolute Gasteiger partial charge is 0.000281 e. The van der Waals surface area contributed by atoms with E-state index in [1.165, 1.54) is 6.42 Å². The zero-order valence-corrected chi connectivity index (χ0v) is 6.38. The first-order valence-electron chi connectivity index (χ1n) is 2.39. The van der Waals surface area contributed by atoms with E-state index in [9.17, 15) is 0 Å². The van der Waals surface area contributed by atoms with Crippen LogP contribution in [0.4, 0.5) is 0 Å². The van der Waals surface area contributed by atoms with Gasteiger partial charge in [0.25, 0.3) is 0 Å². The van der Waals surface area contributed by atoms with Crippen LogP contribution >= 0.6 is 15.9 Å². The van der Waals surface area contributed by atoms with E-state index in [0.29, 0.717) is 0 Å². The molecule has 0 unspecified atom stereocenters. The van der Waals surface area contributed by atoms with Crippen molar-refractivity contribution in [2.45, 2.75) is 34.6 Å². The summed E-state index contributed by atoms with van der Waals surface area (Å²) in [6.45, 7) is 6.29. The summed E-state index contributed by atoms with van der Waals surface area (Å²) in [5, 5.41) is 1.06. The summed E-state index contributed by atoms with van der Waals surface area (Å²) in [5.74, 6) is 0. The van der Waals surface area contributed by atoms with Gasteiger partial charge in [-0.3, -0.25) is 0 Å². The molecule has 7 heavy (non-hydrogen) atoms. The van der Waals surface area contributed by atoms with Crippen LogP contribution in [0.5, 0.6) is 0 Å². The van der Waals surface area contributed by atoms with E-state index in [0.717, 1.165) is 5.33 Å². The van der Waals surface area contributed by atoms with Crippen LogP contribution in [0.2, 0.25) is 0 Å². The fourth-order valence-corrected chi connectivity index (χ4v) is 0. The molecule has 0 saturated carbocycles. The highest BCUT2D eigenvalue weighted by Gasteiger charge is 1.38. The Balaban J connectivity index is -0.0000000400. The van der Waals surface area contributed by atoms with Gasteiger partial charge < -0.3 is 0 Å². The van der Waals surface area contributed by atoms with Gasteiger partial charge in [-0.1, -0.05) is 50.5 Å². The molecule has 0 N–H and O–H groups in total. The maximum absolute atomic E-state index is 3.15. The molecule has 0 bridgehead atoms. The molecule has 48 valence electrons. The van der Waals surface area contributed by atoms with E-state index in [1.54, 1.807) is 0 Å². The number of halogens is 1. The van der Waals surface area contributed by atoms with Crippen LogP contribution in [0.3, 0.4) is 0 Å². The Bertz CT molecular complexity index is 6.14. The Morgan fingerprint density at radius 2 is 1.14 bits per heavy atom. The monoisotopic (exact) mass is 168 g/mol. The first kappa shape index (κ1) is 15.6. The molecule has 0 spiro atoms. The average Bonchev–Trinajstić information content (AvgIpc) is 1.39. The normalized spacial score (nSPS) is 5.14. The number of rotatable bonds is 0. The third kappa shape index (κ3) is 564. The topological polar surface area (TPSA) is 0 Å². The van der Waals surface area contributed by atoms with Crippen molar-refractivity contribution in [2.75, 3.05) is 5.33 Å². The molecule has 0 amide bonds. The summed E-state index contributed by atoms with van der Waals surface area (Å²) in [4.78, 5) is 0. The van der Waals surface area contributed by atoms with Gasteiger partial charge in [0.05, 0.1) is 0 Å². The summed E-state index contributed by atoms with van der Waals surface area (Å²) in [7, 11) is 0. The highest BCUT2D eigenvalue weighted by atomic mass is 79.9. The van der Waals surface area contributed by atoms with Crippen LogP contribution in [0, 0.1) is 0 Å². The molecule has 0 saturated heterocycles. The lowest BCUT2D eigenvalue weighted by Gasteiger charge is -1.48. The molecule has 0 radical (unpaired) electrons. The second kappa shape index (κ2) is 31.6. The maximum Gasteiger partial charge on any atom is 0.000281 e. The van der Waals surface area contributed by atoms with Gasteiger partial charge in [-0.25, -0.2) is 0 Å². The van der Waals surface area contributed by atoms with Crippen LogP contribution in [0.1, 0.15) is 34.6 Å². The second-order valence-electron chi connectivity index (χ2n) is 0.974. The molecule has 0 aliphatic rings. The van der Waals surface area contributed by atoms with Crippen LogP contribution in [-0.2, 0) is 0 Å². The van der Waals surface area contributed by atoms with Gasteiger partial charge >= 0.3 is 0 Å². The second-order valence-corrected chi connectivity index (χ2v) is 2.10. The van der Waals surface area contributed by atoms with Gasteiger partial charge in [0.15, 0.2) is 0 Å². The van der Waals surface area contributed by atoms with E-state index >= 15 is 0 Å². The number of hydrogen-bond donors (Lipinski definition) is 0. The van der Waals surface area contributed by atoms with Gasteiger partial charge in [-0.2, -0.15) is 0 Å². The fourth-order valence-electron chi connectivity index (χ4n) is 0. The molecule has 0 aromatic heterocycles. The van der Waals surface area contributed by atoms with Crippen molar-refractivity contribution in [1.29, 1.82) is 0 Å². The number of hydrogen-bond acceptors (Lipinski definition) is 0. The largest absolute Gasteiger partial charge is 0.0931 e. The zero-order valence-electron chi connectivity index (χ0n) is 4.79. The minimum atomic E-state index is 0. The van der Waals surface area contributed by atoms with Crippen LogP contribution in [-0.4, -0.2) is 5.33 Å². The Kier molecular flexibility index (Phi) is 70.7. The summed E-state index contributed by atoms with van der Waals surface area (Å²) in [6, 6.07) is 0. The predicted molar refractivity (Wildman–Crippen MR) is 42.2 cm³/mol. The first-order chi connectivity index (χ1) is 2.83. The van der Waals surface area contributed by atoms with Crippen molar-refractivity contribution in [3.63, 3.8) is 0 Å². The van der Waals surface area contributed by atoms with Crippen molar-refractivity contribution in [2.24, 2.45) is 0 Å². The molecule has 0 nitrogen and oxygen atoms in total. The standard InChI is InChI=1S/C3H8.C2H5Br.CH4/c1-3-2;1-2-3;/h3H2,1-2H3;2H2,1H3;1H4. The summed E-state index contributed by atoms with van der Waals surface area (Å²) >= 11 is 3.15. The van der Waals surface area contributed by atoms with Crippen molar-refractivity contribution < 1.29 is 0 Å². The molecule has 0 aromatic rings. The Labute approximate surface area is 56.4 Å². The molecule has 0 rings (SSSR count). The number of alkyl halides is 1. The van der Waals surface area contributed by atoms with Gasteiger partial charge in [0.1, 0.15) is 0 Å². The Morgan fingerprint density at radius 3 is 1.14 bits per heavy atom. The predicted octanol–water partition coefficient (Wildman–Crippen LogP) is 3.45. The molecule has 0 heterocycles. The third-order valence-corrected chi connectivity index (χ3v) is 0. The molecular formula is C6H17Br. The molecule has 0 aliphatic heterocycles. The highest BCUT2D eigenvalue weighted by Crippen LogP contribution is 1.67. The van der Waals surface area contributed by atoms with Gasteiger partial charge in [0.2, 0.25) is 0 Å². The third-order valence-electron chi connectivity index (χ3n) is 0. The lowest BCUT2D eigenvalue weighted by molar-refractivity contribution is 1.09. The van der Waals surface area contributed by atoms with E-state index in [1.807, 2.05) is 6.92 Å². The SMILES string of the molecule is C.CCBr.CCC. The lowest BCUT2D eigenvalue weighted by atomic mass is 10.6. The zero-order chi connectivity index (χ0) is 5.41. The summed E-state index contributed by atoms with van der Waals surface area (Å²) in [5.41, 5.74) is 0. The fraction of sp³-hybridized carbons (Fsp3) is 1.00. The minimum Gasteiger partial charge on any atom is -0.0931 e. The molecule has 0 aliphatic carbocycles. The van der Waals surface area contributed by atoms with E-state index in [-0.39, 0.29) is 7.43 Å². The molecule has 0 atom stereocenters. The molecule has 0 aromatic carbocycles.